The van der Waals surface area contributed by atoms with E-state index in [1.54, 1.807) is 13.8 Å². The number of aromatic amines is 1. The fourth-order valence-electron chi connectivity index (χ4n) is 3.52. The quantitative estimate of drug-likeness (QED) is 0.0511. The van der Waals surface area contributed by atoms with E-state index < -0.39 is 53.8 Å². The molecule has 0 spiro atoms. The summed E-state index contributed by atoms with van der Waals surface area (Å²) in [5, 5.41) is 17.1. The summed E-state index contributed by atoms with van der Waals surface area (Å²) in [6, 6.07) is -4.68. The lowest BCUT2D eigenvalue weighted by molar-refractivity contribution is -0.143. The van der Waals surface area contributed by atoms with Crippen LogP contribution >= 0.6 is 0 Å². The number of carboxylic acid groups (broad SMARTS) is 1. The summed E-state index contributed by atoms with van der Waals surface area (Å²) < 4.78 is 0. The topological polar surface area (TPSA) is 287 Å². The van der Waals surface area contributed by atoms with Crippen molar-refractivity contribution in [2.24, 2.45) is 33.8 Å². The average Bonchev–Trinajstić information content (AvgIpc) is 3.38. The summed E-state index contributed by atoms with van der Waals surface area (Å²) >= 11 is 0. The molecular formula is C23H40N10O6. The van der Waals surface area contributed by atoms with E-state index in [0.29, 0.717) is 18.5 Å². The van der Waals surface area contributed by atoms with Crippen LogP contribution in [0.25, 0.3) is 0 Å². The number of aliphatic carboxylic acids is 1. The summed E-state index contributed by atoms with van der Waals surface area (Å²) in [4.78, 5) is 72.6. The van der Waals surface area contributed by atoms with Gasteiger partial charge in [0.1, 0.15) is 18.1 Å². The highest BCUT2D eigenvalue weighted by Crippen LogP contribution is 2.10. The molecule has 16 nitrogen and oxygen atoms in total. The zero-order valence-electron chi connectivity index (χ0n) is 22.2. The Kier molecular flexibility index (Phi) is 14.0. The third-order valence-electron chi connectivity index (χ3n) is 6.01. The van der Waals surface area contributed by atoms with Crippen molar-refractivity contribution in [2.45, 2.75) is 76.5 Å². The fraction of sp³-hybridized carbons (Fsp3) is 0.609. The van der Waals surface area contributed by atoms with Crippen molar-refractivity contribution in [3.63, 3.8) is 0 Å². The number of imidazole rings is 1. The second-order valence-corrected chi connectivity index (χ2v) is 9.17. The lowest BCUT2D eigenvalue weighted by Gasteiger charge is -2.26. The largest absolute Gasteiger partial charge is 0.480 e. The van der Waals surface area contributed by atoms with Gasteiger partial charge < -0.3 is 49.0 Å². The number of aromatic nitrogens is 2. The maximum absolute atomic E-state index is 13.2. The number of rotatable bonds is 18. The van der Waals surface area contributed by atoms with Gasteiger partial charge in [0.2, 0.25) is 23.6 Å². The molecule has 0 aliphatic rings. The standard InChI is InChI=1S/C23H40N10O6/c1-3-12(2)18(22(38)39)33-21(37)16(9-13-10-28-11-30-13)32-20(36)15(6-7-17(25)34)31-19(35)14(24)5-4-8-29-23(26)27/h10-12,14-16,18H,3-9,24H2,1-2H3,(H2,25,34)(H,28,30)(H,31,35)(H,32,36)(H,33,37)(H,38,39)(H4,26,27,29). The third kappa shape index (κ3) is 12.3. The minimum absolute atomic E-state index is 0.0504. The molecule has 0 radical (unpaired) electrons. The Morgan fingerprint density at radius 3 is 2.21 bits per heavy atom. The normalized spacial score (nSPS) is 14.6. The maximum Gasteiger partial charge on any atom is 0.326 e. The SMILES string of the molecule is CCC(C)C(NC(=O)C(Cc1cnc[nH]1)NC(=O)C(CCC(N)=O)NC(=O)C(N)CCCN=C(N)N)C(=O)O. The van der Waals surface area contributed by atoms with E-state index in [9.17, 15) is 29.1 Å². The molecule has 1 aromatic heterocycles. The van der Waals surface area contributed by atoms with Crippen molar-refractivity contribution in [1.29, 1.82) is 0 Å². The molecule has 1 heterocycles. The Bertz CT molecular complexity index is 996. The summed E-state index contributed by atoms with van der Waals surface area (Å²) in [6.07, 6.45) is 3.50. The van der Waals surface area contributed by atoms with E-state index in [-0.39, 0.29) is 44.1 Å². The number of nitrogens with one attached hydrogen (secondary N) is 4. The van der Waals surface area contributed by atoms with Gasteiger partial charge in [-0.3, -0.25) is 24.2 Å². The van der Waals surface area contributed by atoms with E-state index in [2.05, 4.69) is 30.9 Å². The molecule has 0 bridgehead atoms. The predicted octanol–water partition coefficient (Wildman–Crippen LogP) is -2.82. The summed E-state index contributed by atoms with van der Waals surface area (Å²) in [5.41, 5.74) is 22.2. The number of H-pyrrole nitrogens is 1. The van der Waals surface area contributed by atoms with E-state index >= 15 is 0 Å². The minimum Gasteiger partial charge on any atom is -0.480 e. The number of carbonyl (C=O) groups excluding carboxylic acids is 4. The molecule has 0 saturated heterocycles. The van der Waals surface area contributed by atoms with Crippen molar-refractivity contribution < 1.29 is 29.1 Å². The van der Waals surface area contributed by atoms with Crippen LogP contribution in [0.1, 0.15) is 51.6 Å². The molecule has 1 rings (SSSR count). The van der Waals surface area contributed by atoms with Crippen molar-refractivity contribution in [3.05, 3.63) is 18.2 Å². The summed E-state index contributed by atoms with van der Waals surface area (Å²) in [5.74, 6) is -4.59. The van der Waals surface area contributed by atoms with Gasteiger partial charge in [0.05, 0.1) is 12.4 Å². The number of carboxylic acids is 1. The summed E-state index contributed by atoms with van der Waals surface area (Å²) in [7, 11) is 0. The number of primary amides is 1. The lowest BCUT2D eigenvalue weighted by atomic mass is 9.98. The van der Waals surface area contributed by atoms with Crippen molar-refractivity contribution in [3.8, 4) is 0 Å². The number of aliphatic imine (C=N–C) groups is 1. The van der Waals surface area contributed by atoms with Gasteiger partial charge in [-0.15, -0.1) is 0 Å². The average molecular weight is 553 g/mol. The molecule has 4 amide bonds. The molecule has 0 fully saturated rings. The number of hydrogen-bond donors (Lipinski definition) is 9. The first-order valence-electron chi connectivity index (χ1n) is 12.6. The Morgan fingerprint density at radius 1 is 1.03 bits per heavy atom. The van der Waals surface area contributed by atoms with E-state index in [1.165, 1.54) is 12.5 Å². The third-order valence-corrected chi connectivity index (χ3v) is 6.01. The van der Waals surface area contributed by atoms with Gasteiger partial charge in [0.25, 0.3) is 0 Å². The second-order valence-electron chi connectivity index (χ2n) is 9.17. The van der Waals surface area contributed by atoms with Crippen LogP contribution in [-0.2, 0) is 30.4 Å². The molecule has 5 unspecified atom stereocenters. The van der Waals surface area contributed by atoms with Gasteiger partial charge >= 0.3 is 5.97 Å². The van der Waals surface area contributed by atoms with Crippen LogP contribution in [0.15, 0.2) is 17.5 Å². The van der Waals surface area contributed by atoms with Gasteiger partial charge in [-0.05, 0) is 25.2 Å². The first-order chi connectivity index (χ1) is 18.3. The van der Waals surface area contributed by atoms with Crippen molar-refractivity contribution in [2.75, 3.05) is 6.54 Å². The van der Waals surface area contributed by atoms with E-state index in [1.807, 2.05) is 0 Å². The maximum atomic E-state index is 13.2. The number of nitrogens with two attached hydrogens (primary N) is 4. The summed E-state index contributed by atoms with van der Waals surface area (Å²) in [6.45, 7) is 3.72. The van der Waals surface area contributed by atoms with Gasteiger partial charge in [0.15, 0.2) is 5.96 Å². The number of amides is 4. The molecule has 39 heavy (non-hydrogen) atoms. The van der Waals surface area contributed by atoms with Gasteiger partial charge in [0, 0.05) is 31.3 Å². The van der Waals surface area contributed by atoms with Crippen LogP contribution in [0.5, 0.6) is 0 Å². The highest BCUT2D eigenvalue weighted by atomic mass is 16.4. The highest BCUT2D eigenvalue weighted by molar-refractivity contribution is 5.94. The van der Waals surface area contributed by atoms with Crippen LogP contribution in [0.4, 0.5) is 0 Å². The Balaban J connectivity index is 3.04. The van der Waals surface area contributed by atoms with Gasteiger partial charge in [-0.2, -0.15) is 0 Å². The lowest BCUT2D eigenvalue weighted by Crippen LogP contribution is -2.58. The van der Waals surface area contributed by atoms with Crippen LogP contribution in [-0.4, -0.2) is 81.3 Å². The molecule has 0 aliphatic carbocycles. The number of hydrogen-bond acceptors (Lipinski definition) is 8. The van der Waals surface area contributed by atoms with E-state index in [0.717, 1.165) is 0 Å². The number of carbonyl (C=O) groups is 5. The molecule has 0 aliphatic heterocycles. The predicted molar refractivity (Wildman–Crippen MR) is 141 cm³/mol. The molecule has 13 N–H and O–H groups in total. The molecule has 0 aromatic carbocycles. The Morgan fingerprint density at radius 2 is 1.67 bits per heavy atom. The second kappa shape index (κ2) is 16.6. The zero-order chi connectivity index (χ0) is 29.5. The molecule has 1 aromatic rings. The van der Waals surface area contributed by atoms with Gasteiger partial charge in [-0.25, -0.2) is 9.78 Å². The minimum atomic E-state index is -1.25. The molecule has 5 atom stereocenters. The van der Waals surface area contributed by atoms with Gasteiger partial charge in [-0.1, -0.05) is 20.3 Å². The van der Waals surface area contributed by atoms with Crippen molar-refractivity contribution in [1.82, 2.24) is 25.9 Å². The first kappa shape index (κ1) is 32.8. The highest BCUT2D eigenvalue weighted by Gasteiger charge is 2.32. The smallest absolute Gasteiger partial charge is 0.326 e. The molecule has 218 valence electrons. The monoisotopic (exact) mass is 552 g/mol. The van der Waals surface area contributed by atoms with Crippen molar-refractivity contribution >= 4 is 35.6 Å². The van der Waals surface area contributed by atoms with Crippen LogP contribution < -0.4 is 38.9 Å². The number of nitrogens with zero attached hydrogens (tertiary/aromatic N) is 2. The van der Waals surface area contributed by atoms with Crippen LogP contribution in [0.2, 0.25) is 0 Å². The molecular weight excluding hydrogens is 512 g/mol. The zero-order valence-corrected chi connectivity index (χ0v) is 22.2. The molecule has 0 saturated carbocycles. The Hall–Kier alpha value is -4.21. The van der Waals surface area contributed by atoms with Crippen LogP contribution in [0.3, 0.4) is 0 Å². The van der Waals surface area contributed by atoms with Crippen LogP contribution in [0, 0.1) is 5.92 Å². The fourth-order valence-corrected chi connectivity index (χ4v) is 3.52. The number of guanidine groups is 1. The Labute approximate surface area is 226 Å². The van der Waals surface area contributed by atoms with E-state index in [4.69, 9.17) is 22.9 Å². The first-order valence-corrected chi connectivity index (χ1v) is 12.6. The molecule has 16 heteroatoms.